The number of aromatic nitrogens is 2. The Morgan fingerprint density at radius 1 is 1.38 bits per heavy atom. The SMILES string of the molecule is CC(CC(=O)c1ccccc1)n1ccnc1. The molecule has 0 aliphatic heterocycles. The normalized spacial score (nSPS) is 12.3. The van der Waals surface area contributed by atoms with Crippen LogP contribution in [0.25, 0.3) is 0 Å². The minimum absolute atomic E-state index is 0.148. The summed E-state index contributed by atoms with van der Waals surface area (Å²) in [5, 5.41) is 0. The molecule has 1 atom stereocenters. The Bertz CT molecular complexity index is 448. The van der Waals surface area contributed by atoms with Crippen molar-refractivity contribution in [3.05, 3.63) is 54.6 Å². The fourth-order valence-corrected chi connectivity index (χ4v) is 1.65. The number of rotatable bonds is 4. The summed E-state index contributed by atoms with van der Waals surface area (Å²) in [6.07, 6.45) is 5.84. The van der Waals surface area contributed by atoms with Gasteiger partial charge in [-0.05, 0) is 6.92 Å². The molecule has 82 valence electrons. The van der Waals surface area contributed by atoms with Crippen LogP contribution in [0, 0.1) is 0 Å². The van der Waals surface area contributed by atoms with Crippen molar-refractivity contribution >= 4 is 5.78 Å². The van der Waals surface area contributed by atoms with E-state index in [4.69, 9.17) is 0 Å². The molecule has 0 saturated heterocycles. The molecule has 0 fully saturated rings. The number of Topliss-reactive ketones (excluding diaryl/α,β-unsaturated/α-hetero) is 1. The van der Waals surface area contributed by atoms with Gasteiger partial charge < -0.3 is 4.57 Å². The minimum atomic E-state index is 0.148. The summed E-state index contributed by atoms with van der Waals surface area (Å²) in [6.45, 7) is 2.02. The first-order valence-electron chi connectivity index (χ1n) is 5.33. The van der Waals surface area contributed by atoms with E-state index in [1.54, 1.807) is 12.5 Å². The zero-order valence-electron chi connectivity index (χ0n) is 9.21. The maximum Gasteiger partial charge on any atom is 0.164 e. The third-order valence-electron chi connectivity index (χ3n) is 2.61. The largest absolute Gasteiger partial charge is 0.334 e. The number of carbonyl (C=O) groups excluding carboxylic acids is 1. The molecule has 2 aromatic rings. The van der Waals surface area contributed by atoms with E-state index in [1.807, 2.05) is 48.0 Å². The number of nitrogens with zero attached hydrogens (tertiary/aromatic N) is 2. The number of carbonyl (C=O) groups is 1. The lowest BCUT2D eigenvalue weighted by Crippen LogP contribution is -2.09. The van der Waals surface area contributed by atoms with Gasteiger partial charge in [-0.25, -0.2) is 4.98 Å². The maximum atomic E-state index is 11.9. The van der Waals surface area contributed by atoms with Crippen molar-refractivity contribution in [2.75, 3.05) is 0 Å². The standard InChI is InChI=1S/C13H14N2O/c1-11(15-8-7-14-10-15)9-13(16)12-5-3-2-4-6-12/h2-8,10-11H,9H2,1H3. The summed E-state index contributed by atoms with van der Waals surface area (Å²) < 4.78 is 1.95. The van der Waals surface area contributed by atoms with Crippen LogP contribution < -0.4 is 0 Å². The number of ketones is 1. The highest BCUT2D eigenvalue weighted by atomic mass is 16.1. The van der Waals surface area contributed by atoms with Gasteiger partial charge in [0.15, 0.2) is 5.78 Å². The van der Waals surface area contributed by atoms with Gasteiger partial charge in [-0.3, -0.25) is 4.79 Å². The molecule has 0 aliphatic rings. The van der Waals surface area contributed by atoms with Crippen molar-refractivity contribution < 1.29 is 4.79 Å². The summed E-state index contributed by atoms with van der Waals surface area (Å²) in [5.74, 6) is 0.168. The van der Waals surface area contributed by atoms with Crippen molar-refractivity contribution in [2.24, 2.45) is 0 Å². The van der Waals surface area contributed by atoms with Crippen LogP contribution in [0.15, 0.2) is 49.1 Å². The van der Waals surface area contributed by atoms with E-state index < -0.39 is 0 Å². The molecule has 3 heteroatoms. The van der Waals surface area contributed by atoms with Crippen LogP contribution in [-0.4, -0.2) is 15.3 Å². The molecule has 0 saturated carbocycles. The molecule has 0 amide bonds. The Balaban J connectivity index is 2.03. The second-order valence-electron chi connectivity index (χ2n) is 3.85. The van der Waals surface area contributed by atoms with Crippen LogP contribution in [0.4, 0.5) is 0 Å². The topological polar surface area (TPSA) is 34.9 Å². The van der Waals surface area contributed by atoms with Crippen LogP contribution in [0.2, 0.25) is 0 Å². The van der Waals surface area contributed by atoms with Crippen LogP contribution in [0.3, 0.4) is 0 Å². The molecular weight excluding hydrogens is 200 g/mol. The van der Waals surface area contributed by atoms with E-state index in [1.165, 1.54) is 0 Å². The molecule has 16 heavy (non-hydrogen) atoms. The van der Waals surface area contributed by atoms with Crippen LogP contribution in [-0.2, 0) is 0 Å². The molecule has 0 aliphatic carbocycles. The van der Waals surface area contributed by atoms with Gasteiger partial charge in [-0.2, -0.15) is 0 Å². The van der Waals surface area contributed by atoms with Crippen molar-refractivity contribution in [3.8, 4) is 0 Å². The minimum Gasteiger partial charge on any atom is -0.334 e. The van der Waals surface area contributed by atoms with Crippen molar-refractivity contribution in [3.63, 3.8) is 0 Å². The highest BCUT2D eigenvalue weighted by Crippen LogP contribution is 2.14. The molecule has 0 N–H and O–H groups in total. The average molecular weight is 214 g/mol. The van der Waals surface area contributed by atoms with E-state index in [9.17, 15) is 4.79 Å². The summed E-state index contributed by atoms with van der Waals surface area (Å²) in [7, 11) is 0. The first kappa shape index (κ1) is 10.6. The Labute approximate surface area is 94.7 Å². The zero-order valence-corrected chi connectivity index (χ0v) is 9.21. The fourth-order valence-electron chi connectivity index (χ4n) is 1.65. The Morgan fingerprint density at radius 3 is 2.75 bits per heavy atom. The predicted molar refractivity (Wildman–Crippen MR) is 62.3 cm³/mol. The van der Waals surface area contributed by atoms with E-state index >= 15 is 0 Å². The third-order valence-corrected chi connectivity index (χ3v) is 2.61. The Hall–Kier alpha value is -1.90. The van der Waals surface area contributed by atoms with Gasteiger partial charge in [0.25, 0.3) is 0 Å². The number of benzene rings is 1. The second kappa shape index (κ2) is 4.75. The maximum absolute atomic E-state index is 11.9. The first-order valence-corrected chi connectivity index (χ1v) is 5.33. The summed E-state index contributed by atoms with van der Waals surface area (Å²) in [5.41, 5.74) is 0.773. The van der Waals surface area contributed by atoms with Crippen molar-refractivity contribution in [1.82, 2.24) is 9.55 Å². The van der Waals surface area contributed by atoms with Gasteiger partial charge in [0, 0.05) is 30.4 Å². The van der Waals surface area contributed by atoms with Crippen LogP contribution >= 0.6 is 0 Å². The molecular formula is C13H14N2O. The number of hydrogen-bond donors (Lipinski definition) is 0. The predicted octanol–water partition coefficient (Wildman–Crippen LogP) is 2.72. The molecule has 1 unspecified atom stereocenters. The van der Waals surface area contributed by atoms with Gasteiger partial charge in [-0.1, -0.05) is 30.3 Å². The molecule has 1 aromatic heterocycles. The lowest BCUT2D eigenvalue weighted by atomic mass is 10.0. The van der Waals surface area contributed by atoms with E-state index in [0.29, 0.717) is 6.42 Å². The number of hydrogen-bond acceptors (Lipinski definition) is 2. The zero-order chi connectivity index (χ0) is 11.4. The molecule has 0 spiro atoms. The van der Waals surface area contributed by atoms with Gasteiger partial charge in [0.2, 0.25) is 0 Å². The fraction of sp³-hybridized carbons (Fsp3) is 0.231. The van der Waals surface area contributed by atoms with Gasteiger partial charge in [-0.15, -0.1) is 0 Å². The highest BCUT2D eigenvalue weighted by Gasteiger charge is 2.11. The third kappa shape index (κ3) is 2.37. The van der Waals surface area contributed by atoms with Crippen LogP contribution in [0.1, 0.15) is 29.7 Å². The number of imidazole rings is 1. The first-order chi connectivity index (χ1) is 7.77. The van der Waals surface area contributed by atoms with E-state index in [2.05, 4.69) is 4.98 Å². The van der Waals surface area contributed by atoms with Gasteiger partial charge in [0.05, 0.1) is 6.33 Å². The van der Waals surface area contributed by atoms with E-state index in [-0.39, 0.29) is 11.8 Å². The smallest absolute Gasteiger partial charge is 0.164 e. The van der Waals surface area contributed by atoms with Gasteiger partial charge in [0.1, 0.15) is 0 Å². The summed E-state index contributed by atoms with van der Waals surface area (Å²) in [6, 6.07) is 9.53. The van der Waals surface area contributed by atoms with Gasteiger partial charge >= 0.3 is 0 Å². The molecule has 1 heterocycles. The Morgan fingerprint density at radius 2 is 2.12 bits per heavy atom. The van der Waals surface area contributed by atoms with Crippen molar-refractivity contribution in [2.45, 2.75) is 19.4 Å². The molecule has 2 rings (SSSR count). The molecule has 3 nitrogen and oxygen atoms in total. The monoisotopic (exact) mass is 214 g/mol. The lowest BCUT2D eigenvalue weighted by molar-refractivity contribution is 0.0966. The molecule has 0 radical (unpaired) electrons. The van der Waals surface area contributed by atoms with Crippen LogP contribution in [0.5, 0.6) is 0 Å². The lowest BCUT2D eigenvalue weighted by Gasteiger charge is -2.11. The molecule has 0 bridgehead atoms. The van der Waals surface area contributed by atoms with E-state index in [0.717, 1.165) is 5.56 Å². The highest BCUT2D eigenvalue weighted by molar-refractivity contribution is 5.96. The quantitative estimate of drug-likeness (QED) is 0.733. The summed E-state index contributed by atoms with van der Waals surface area (Å²) >= 11 is 0. The molecule has 1 aromatic carbocycles. The Kier molecular flexibility index (Phi) is 3.15. The summed E-state index contributed by atoms with van der Waals surface area (Å²) in [4.78, 5) is 15.9. The average Bonchev–Trinajstić information content (AvgIpc) is 2.83. The van der Waals surface area contributed by atoms with Crippen molar-refractivity contribution in [1.29, 1.82) is 0 Å². The second-order valence-corrected chi connectivity index (χ2v) is 3.85.